The van der Waals surface area contributed by atoms with E-state index >= 15 is 0 Å². The van der Waals surface area contributed by atoms with Gasteiger partial charge < -0.3 is 10.4 Å². The van der Waals surface area contributed by atoms with Gasteiger partial charge in [0, 0.05) is 18.0 Å². The zero-order chi connectivity index (χ0) is 12.3. The second-order valence-electron chi connectivity index (χ2n) is 4.70. The van der Waals surface area contributed by atoms with Crippen molar-refractivity contribution in [1.29, 1.82) is 0 Å². The molecule has 0 amide bonds. The van der Waals surface area contributed by atoms with Crippen molar-refractivity contribution in [3.63, 3.8) is 0 Å². The van der Waals surface area contributed by atoms with Gasteiger partial charge in [0.2, 0.25) is 0 Å². The van der Waals surface area contributed by atoms with Gasteiger partial charge >= 0.3 is 0 Å². The van der Waals surface area contributed by atoms with E-state index in [0.717, 1.165) is 37.9 Å². The minimum absolute atomic E-state index is 0.0473. The molecule has 0 spiro atoms. The molecule has 2 rings (SSSR count). The van der Waals surface area contributed by atoms with Crippen molar-refractivity contribution < 1.29 is 13.9 Å². The standard InChI is InChI=1S/C12H16F2N2O/c13-9-5-10(14)11(15-6-9)16-7-12(8-17)3-1-2-4-12/h5-6,17H,1-4,7-8H2,(H,15,16). The number of hydrogen-bond acceptors (Lipinski definition) is 3. The Morgan fingerprint density at radius 2 is 2.06 bits per heavy atom. The molecule has 1 heterocycles. The quantitative estimate of drug-likeness (QED) is 0.851. The molecule has 1 saturated carbocycles. The largest absolute Gasteiger partial charge is 0.396 e. The molecular formula is C12H16F2N2O. The molecule has 94 valence electrons. The molecule has 0 atom stereocenters. The molecule has 3 nitrogen and oxygen atoms in total. The summed E-state index contributed by atoms with van der Waals surface area (Å²) in [6.07, 6.45) is 5.01. The first-order chi connectivity index (χ1) is 8.15. The highest BCUT2D eigenvalue weighted by atomic mass is 19.1. The molecule has 1 aromatic rings. The lowest BCUT2D eigenvalue weighted by molar-refractivity contribution is 0.142. The van der Waals surface area contributed by atoms with Crippen molar-refractivity contribution >= 4 is 5.82 Å². The highest BCUT2D eigenvalue weighted by Crippen LogP contribution is 2.37. The summed E-state index contributed by atoms with van der Waals surface area (Å²) in [6.45, 7) is 0.557. The van der Waals surface area contributed by atoms with Crippen LogP contribution >= 0.6 is 0 Å². The van der Waals surface area contributed by atoms with Crippen LogP contribution < -0.4 is 5.32 Å². The Kier molecular flexibility index (Phi) is 3.57. The van der Waals surface area contributed by atoms with Crippen molar-refractivity contribution in [2.24, 2.45) is 5.41 Å². The summed E-state index contributed by atoms with van der Waals surface area (Å²) in [5.41, 5.74) is -0.178. The monoisotopic (exact) mass is 242 g/mol. The summed E-state index contributed by atoms with van der Waals surface area (Å²) in [5.74, 6) is -1.34. The molecule has 0 bridgehead atoms. The van der Waals surface area contributed by atoms with Crippen LogP contribution in [-0.4, -0.2) is 23.2 Å². The van der Waals surface area contributed by atoms with E-state index in [0.29, 0.717) is 6.54 Å². The lowest BCUT2D eigenvalue weighted by Gasteiger charge is -2.26. The number of anilines is 1. The molecule has 0 aliphatic heterocycles. The molecule has 5 heteroatoms. The lowest BCUT2D eigenvalue weighted by Crippen LogP contribution is -2.31. The smallest absolute Gasteiger partial charge is 0.168 e. The van der Waals surface area contributed by atoms with E-state index in [1.165, 1.54) is 0 Å². The molecule has 0 saturated heterocycles. The number of nitrogens with zero attached hydrogens (tertiary/aromatic N) is 1. The van der Waals surface area contributed by atoms with Crippen LogP contribution in [0.5, 0.6) is 0 Å². The van der Waals surface area contributed by atoms with E-state index in [4.69, 9.17) is 0 Å². The Morgan fingerprint density at radius 1 is 1.35 bits per heavy atom. The first kappa shape index (κ1) is 12.2. The van der Waals surface area contributed by atoms with Gasteiger partial charge in [0.25, 0.3) is 0 Å². The number of hydrogen-bond donors (Lipinski definition) is 2. The molecule has 2 N–H and O–H groups in total. The third-order valence-corrected chi connectivity index (χ3v) is 3.44. The maximum absolute atomic E-state index is 13.3. The van der Waals surface area contributed by atoms with Gasteiger partial charge in [-0.2, -0.15) is 0 Å². The molecule has 1 aliphatic carbocycles. The van der Waals surface area contributed by atoms with Crippen molar-refractivity contribution in [3.8, 4) is 0 Å². The SMILES string of the molecule is OCC1(CNc2ncc(F)cc2F)CCCC1. The van der Waals surface area contributed by atoms with Crippen molar-refractivity contribution in [2.75, 3.05) is 18.5 Å². The molecule has 1 aliphatic rings. The highest BCUT2D eigenvalue weighted by molar-refractivity contribution is 5.36. The van der Waals surface area contributed by atoms with E-state index in [1.807, 2.05) is 0 Å². The molecule has 0 radical (unpaired) electrons. The fraction of sp³-hybridized carbons (Fsp3) is 0.583. The Bertz CT molecular complexity index is 392. The second kappa shape index (κ2) is 4.96. The van der Waals surface area contributed by atoms with Gasteiger partial charge in [0.1, 0.15) is 5.82 Å². The molecule has 0 unspecified atom stereocenters. The van der Waals surface area contributed by atoms with Crippen LogP contribution in [0.15, 0.2) is 12.3 Å². The van der Waals surface area contributed by atoms with Gasteiger partial charge in [-0.25, -0.2) is 13.8 Å². The van der Waals surface area contributed by atoms with Crippen molar-refractivity contribution in [3.05, 3.63) is 23.9 Å². The Balaban J connectivity index is 2.01. The average molecular weight is 242 g/mol. The first-order valence-electron chi connectivity index (χ1n) is 5.81. The summed E-state index contributed by atoms with van der Waals surface area (Å²) in [4.78, 5) is 3.66. The average Bonchev–Trinajstić information content (AvgIpc) is 2.77. The number of aromatic nitrogens is 1. The topological polar surface area (TPSA) is 45.1 Å². The Morgan fingerprint density at radius 3 is 2.65 bits per heavy atom. The summed E-state index contributed by atoms with van der Waals surface area (Å²) >= 11 is 0. The maximum atomic E-state index is 13.3. The van der Waals surface area contributed by atoms with E-state index in [9.17, 15) is 13.9 Å². The van der Waals surface area contributed by atoms with Crippen LogP contribution in [-0.2, 0) is 0 Å². The fourth-order valence-electron chi connectivity index (χ4n) is 2.33. The summed E-state index contributed by atoms with van der Waals surface area (Å²) in [5, 5.41) is 12.3. The number of aliphatic hydroxyl groups excluding tert-OH is 1. The summed E-state index contributed by atoms with van der Waals surface area (Å²) in [6, 6.07) is 0.801. The third-order valence-electron chi connectivity index (χ3n) is 3.44. The van der Waals surface area contributed by atoms with Crippen LogP contribution in [0.1, 0.15) is 25.7 Å². The first-order valence-corrected chi connectivity index (χ1v) is 5.81. The van der Waals surface area contributed by atoms with Gasteiger partial charge in [-0.05, 0) is 12.8 Å². The van der Waals surface area contributed by atoms with Crippen molar-refractivity contribution in [1.82, 2.24) is 4.98 Å². The molecule has 17 heavy (non-hydrogen) atoms. The number of rotatable bonds is 4. The zero-order valence-corrected chi connectivity index (χ0v) is 9.55. The van der Waals surface area contributed by atoms with Crippen LogP contribution in [0.3, 0.4) is 0 Å². The van der Waals surface area contributed by atoms with Crippen LogP contribution in [0, 0.1) is 17.0 Å². The summed E-state index contributed by atoms with van der Waals surface area (Å²) in [7, 11) is 0. The number of aliphatic hydroxyl groups is 1. The van der Waals surface area contributed by atoms with E-state index in [2.05, 4.69) is 10.3 Å². The fourth-order valence-corrected chi connectivity index (χ4v) is 2.33. The summed E-state index contributed by atoms with van der Waals surface area (Å²) < 4.78 is 26.0. The Labute approximate surface area is 98.9 Å². The van der Waals surface area contributed by atoms with Crippen LogP contribution in [0.25, 0.3) is 0 Å². The predicted molar refractivity (Wildman–Crippen MR) is 60.6 cm³/mol. The molecule has 1 aromatic heterocycles. The number of nitrogens with one attached hydrogen (secondary N) is 1. The van der Waals surface area contributed by atoms with Gasteiger partial charge in [0.05, 0.1) is 12.8 Å². The molecule has 0 aromatic carbocycles. The normalized spacial score (nSPS) is 18.3. The number of pyridine rings is 1. The van der Waals surface area contributed by atoms with Crippen molar-refractivity contribution in [2.45, 2.75) is 25.7 Å². The second-order valence-corrected chi connectivity index (χ2v) is 4.70. The lowest BCUT2D eigenvalue weighted by atomic mass is 9.87. The zero-order valence-electron chi connectivity index (χ0n) is 9.55. The van der Waals surface area contributed by atoms with E-state index in [1.54, 1.807) is 0 Å². The van der Waals surface area contributed by atoms with Gasteiger partial charge in [0.15, 0.2) is 11.6 Å². The van der Waals surface area contributed by atoms with Gasteiger partial charge in [-0.1, -0.05) is 12.8 Å². The van der Waals surface area contributed by atoms with Crippen LogP contribution in [0.4, 0.5) is 14.6 Å². The highest BCUT2D eigenvalue weighted by Gasteiger charge is 2.33. The van der Waals surface area contributed by atoms with E-state index in [-0.39, 0.29) is 17.8 Å². The predicted octanol–water partition coefficient (Wildman–Crippen LogP) is 2.32. The van der Waals surface area contributed by atoms with Gasteiger partial charge in [-0.15, -0.1) is 0 Å². The maximum Gasteiger partial charge on any atom is 0.168 e. The van der Waals surface area contributed by atoms with Gasteiger partial charge in [-0.3, -0.25) is 0 Å². The molecular weight excluding hydrogens is 226 g/mol. The minimum Gasteiger partial charge on any atom is -0.396 e. The molecule has 1 fully saturated rings. The number of halogens is 2. The van der Waals surface area contributed by atoms with E-state index < -0.39 is 11.6 Å². The van der Waals surface area contributed by atoms with Crippen LogP contribution in [0.2, 0.25) is 0 Å². The minimum atomic E-state index is -0.698. The Hall–Kier alpha value is -1.23. The third kappa shape index (κ3) is 2.72.